The molecule has 3 atom stereocenters. The van der Waals surface area contributed by atoms with Gasteiger partial charge in [-0.2, -0.15) is 0 Å². The lowest BCUT2D eigenvalue weighted by Crippen LogP contribution is -2.50. The molecule has 0 aromatic heterocycles. The standard InChI is InChI=1S/C16H21ClN2O2/c1-11-10-21-15(13-4-2-3-5-14(13)17)9-19(11)16(20)12-6-7-18-8-12/h2-5,11-12,15,18H,6-10H2,1H3/t11-,12+,15+/m1/s1. The highest BCUT2D eigenvalue weighted by molar-refractivity contribution is 6.31. The van der Waals surface area contributed by atoms with Crippen molar-refractivity contribution in [3.63, 3.8) is 0 Å². The zero-order chi connectivity index (χ0) is 14.8. The van der Waals surface area contributed by atoms with Crippen LogP contribution in [0.4, 0.5) is 0 Å². The molecular formula is C16H21ClN2O2. The lowest BCUT2D eigenvalue weighted by molar-refractivity contribution is -0.148. The first kappa shape index (κ1) is 14.8. The maximum Gasteiger partial charge on any atom is 0.227 e. The van der Waals surface area contributed by atoms with Crippen LogP contribution in [-0.4, -0.2) is 43.1 Å². The minimum absolute atomic E-state index is 0.109. The van der Waals surface area contributed by atoms with E-state index in [1.165, 1.54) is 0 Å². The fourth-order valence-electron chi connectivity index (χ4n) is 3.09. The summed E-state index contributed by atoms with van der Waals surface area (Å²) in [6, 6.07) is 7.82. The number of benzene rings is 1. The van der Waals surface area contributed by atoms with Gasteiger partial charge in [-0.3, -0.25) is 4.79 Å². The molecule has 0 saturated carbocycles. The highest BCUT2D eigenvalue weighted by Gasteiger charge is 2.35. The van der Waals surface area contributed by atoms with Crippen molar-refractivity contribution in [2.24, 2.45) is 5.92 Å². The van der Waals surface area contributed by atoms with Crippen molar-refractivity contribution in [1.82, 2.24) is 10.2 Å². The molecule has 2 aliphatic rings. The Labute approximate surface area is 130 Å². The molecule has 2 aliphatic heterocycles. The SMILES string of the molecule is C[C@@H]1CO[C@H](c2ccccc2Cl)CN1C(=O)[C@H]1CCNC1. The molecule has 3 rings (SSSR count). The van der Waals surface area contributed by atoms with Crippen molar-refractivity contribution in [2.75, 3.05) is 26.2 Å². The van der Waals surface area contributed by atoms with Crippen molar-refractivity contribution in [3.05, 3.63) is 34.9 Å². The number of hydrogen-bond acceptors (Lipinski definition) is 3. The number of hydrogen-bond donors (Lipinski definition) is 1. The molecule has 0 unspecified atom stereocenters. The maximum atomic E-state index is 12.7. The van der Waals surface area contributed by atoms with Gasteiger partial charge >= 0.3 is 0 Å². The van der Waals surface area contributed by atoms with Gasteiger partial charge in [-0.15, -0.1) is 0 Å². The number of rotatable bonds is 2. The summed E-state index contributed by atoms with van der Waals surface area (Å²) in [5.74, 6) is 0.352. The molecule has 1 aromatic carbocycles. The first-order valence-corrected chi connectivity index (χ1v) is 7.92. The highest BCUT2D eigenvalue weighted by Crippen LogP contribution is 2.31. The fourth-order valence-corrected chi connectivity index (χ4v) is 3.35. The first-order chi connectivity index (χ1) is 10.2. The van der Waals surface area contributed by atoms with Crippen LogP contribution in [0.3, 0.4) is 0 Å². The topological polar surface area (TPSA) is 41.6 Å². The van der Waals surface area contributed by atoms with E-state index in [4.69, 9.17) is 16.3 Å². The van der Waals surface area contributed by atoms with Gasteiger partial charge in [0, 0.05) is 17.1 Å². The third-order valence-corrected chi connectivity index (χ3v) is 4.72. The summed E-state index contributed by atoms with van der Waals surface area (Å²) in [5.41, 5.74) is 0.966. The van der Waals surface area contributed by atoms with E-state index in [2.05, 4.69) is 5.32 Å². The lowest BCUT2D eigenvalue weighted by Gasteiger charge is -2.39. The third-order valence-electron chi connectivity index (χ3n) is 4.38. The lowest BCUT2D eigenvalue weighted by atomic mass is 10.0. The number of nitrogens with one attached hydrogen (secondary N) is 1. The zero-order valence-electron chi connectivity index (χ0n) is 12.2. The molecule has 0 radical (unpaired) electrons. The van der Waals surface area contributed by atoms with Crippen LogP contribution < -0.4 is 5.32 Å². The Balaban J connectivity index is 1.75. The largest absolute Gasteiger partial charge is 0.369 e. The van der Waals surface area contributed by atoms with Crippen molar-refractivity contribution in [3.8, 4) is 0 Å². The molecule has 114 valence electrons. The van der Waals surface area contributed by atoms with Crippen LogP contribution in [0.5, 0.6) is 0 Å². The van der Waals surface area contributed by atoms with Crippen molar-refractivity contribution in [2.45, 2.75) is 25.5 Å². The Bertz CT molecular complexity index is 517. The Hall–Kier alpha value is -1.10. The highest BCUT2D eigenvalue weighted by atomic mass is 35.5. The van der Waals surface area contributed by atoms with Gasteiger partial charge in [-0.05, 0) is 26.0 Å². The number of halogens is 1. The van der Waals surface area contributed by atoms with Crippen LogP contribution in [-0.2, 0) is 9.53 Å². The van der Waals surface area contributed by atoms with Crippen LogP contribution in [0.25, 0.3) is 0 Å². The van der Waals surface area contributed by atoms with Gasteiger partial charge in [-0.1, -0.05) is 29.8 Å². The van der Waals surface area contributed by atoms with Gasteiger partial charge in [0.15, 0.2) is 0 Å². The minimum Gasteiger partial charge on any atom is -0.369 e. The van der Waals surface area contributed by atoms with Gasteiger partial charge in [-0.25, -0.2) is 0 Å². The molecule has 1 amide bonds. The molecule has 5 heteroatoms. The van der Waals surface area contributed by atoms with E-state index in [0.717, 1.165) is 25.1 Å². The van der Waals surface area contributed by atoms with Gasteiger partial charge < -0.3 is 15.0 Å². The molecule has 2 fully saturated rings. The molecule has 2 heterocycles. The maximum absolute atomic E-state index is 12.7. The van der Waals surface area contributed by atoms with E-state index >= 15 is 0 Å². The van der Waals surface area contributed by atoms with Crippen molar-refractivity contribution >= 4 is 17.5 Å². The molecule has 0 spiro atoms. The third kappa shape index (κ3) is 3.07. The number of carbonyl (C=O) groups is 1. The number of amides is 1. The van der Waals surface area contributed by atoms with E-state index in [1.807, 2.05) is 36.1 Å². The molecule has 1 N–H and O–H groups in total. The predicted molar refractivity (Wildman–Crippen MR) is 82.3 cm³/mol. The van der Waals surface area contributed by atoms with Crippen LogP contribution in [0.15, 0.2) is 24.3 Å². The molecular weight excluding hydrogens is 288 g/mol. The molecule has 21 heavy (non-hydrogen) atoms. The van der Waals surface area contributed by atoms with E-state index in [-0.39, 0.29) is 24.0 Å². The summed E-state index contributed by atoms with van der Waals surface area (Å²) in [7, 11) is 0. The zero-order valence-corrected chi connectivity index (χ0v) is 13.0. The fraction of sp³-hybridized carbons (Fsp3) is 0.562. The van der Waals surface area contributed by atoms with Crippen LogP contribution >= 0.6 is 11.6 Å². The van der Waals surface area contributed by atoms with Gasteiger partial charge in [0.2, 0.25) is 5.91 Å². The van der Waals surface area contributed by atoms with Crippen LogP contribution in [0.2, 0.25) is 5.02 Å². The smallest absolute Gasteiger partial charge is 0.227 e. The van der Waals surface area contributed by atoms with E-state index < -0.39 is 0 Å². The predicted octanol–water partition coefficient (Wildman–Crippen LogP) is 2.24. The van der Waals surface area contributed by atoms with Gasteiger partial charge in [0.25, 0.3) is 0 Å². The molecule has 1 aromatic rings. The van der Waals surface area contributed by atoms with Gasteiger partial charge in [0.05, 0.1) is 25.1 Å². The average Bonchev–Trinajstić information content (AvgIpc) is 3.02. The second-order valence-electron chi connectivity index (χ2n) is 5.87. The molecule has 2 saturated heterocycles. The van der Waals surface area contributed by atoms with Crippen molar-refractivity contribution in [1.29, 1.82) is 0 Å². The second-order valence-corrected chi connectivity index (χ2v) is 6.28. The number of morpholine rings is 1. The van der Waals surface area contributed by atoms with E-state index in [9.17, 15) is 4.79 Å². The van der Waals surface area contributed by atoms with Crippen molar-refractivity contribution < 1.29 is 9.53 Å². The number of nitrogens with zero attached hydrogens (tertiary/aromatic N) is 1. The van der Waals surface area contributed by atoms with Crippen LogP contribution in [0, 0.1) is 5.92 Å². The first-order valence-electron chi connectivity index (χ1n) is 7.54. The van der Waals surface area contributed by atoms with Gasteiger partial charge in [0.1, 0.15) is 6.10 Å². The summed E-state index contributed by atoms with van der Waals surface area (Å²) in [5, 5.41) is 3.96. The quantitative estimate of drug-likeness (QED) is 0.911. The van der Waals surface area contributed by atoms with Crippen LogP contribution in [0.1, 0.15) is 25.0 Å². The average molecular weight is 309 g/mol. The monoisotopic (exact) mass is 308 g/mol. The van der Waals surface area contributed by atoms with E-state index in [0.29, 0.717) is 18.2 Å². The molecule has 4 nitrogen and oxygen atoms in total. The molecule has 0 bridgehead atoms. The second kappa shape index (κ2) is 6.34. The summed E-state index contributed by atoms with van der Waals surface area (Å²) in [6.45, 7) is 4.91. The molecule has 0 aliphatic carbocycles. The number of ether oxygens (including phenoxy) is 1. The number of carbonyl (C=O) groups excluding carboxylic acids is 1. The summed E-state index contributed by atoms with van der Waals surface area (Å²) >= 11 is 6.25. The van der Waals surface area contributed by atoms with E-state index in [1.54, 1.807) is 0 Å². The minimum atomic E-state index is -0.131. The summed E-state index contributed by atoms with van der Waals surface area (Å²) in [6.07, 6.45) is 0.799. The Morgan fingerprint density at radius 1 is 1.43 bits per heavy atom. The Morgan fingerprint density at radius 2 is 2.24 bits per heavy atom. The Kier molecular flexibility index (Phi) is 4.48. The normalized spacial score (nSPS) is 29.6. The summed E-state index contributed by atoms with van der Waals surface area (Å²) < 4.78 is 5.91. The Morgan fingerprint density at radius 3 is 2.95 bits per heavy atom. The summed E-state index contributed by atoms with van der Waals surface area (Å²) in [4.78, 5) is 14.6.